The summed E-state index contributed by atoms with van der Waals surface area (Å²) >= 11 is 5.03. The monoisotopic (exact) mass is 513 g/mol. The number of rotatable bonds is 5. The van der Waals surface area contributed by atoms with E-state index in [0.29, 0.717) is 24.5 Å². The van der Waals surface area contributed by atoms with Crippen LogP contribution in [0, 0.1) is 0 Å². The fraction of sp³-hybridized carbons (Fsp3) is 0.550. The summed E-state index contributed by atoms with van der Waals surface area (Å²) in [7, 11) is -3.50. The highest BCUT2D eigenvalue weighted by Gasteiger charge is 2.33. The highest BCUT2D eigenvalue weighted by atomic mass is 79.9. The molecule has 10 heteroatoms. The molecule has 0 radical (unpaired) electrons. The van der Waals surface area contributed by atoms with E-state index < -0.39 is 16.1 Å². The molecule has 1 unspecified atom stereocenters. The first-order chi connectivity index (χ1) is 14.3. The number of amides is 1. The Morgan fingerprint density at radius 2 is 1.97 bits per heavy atom. The number of hydrogen-bond donors (Lipinski definition) is 2. The zero-order valence-corrected chi connectivity index (χ0v) is 19.5. The molecule has 162 valence electrons. The summed E-state index contributed by atoms with van der Waals surface area (Å²) < 4.78 is 30.2. The molecule has 0 bridgehead atoms. The highest BCUT2D eigenvalue weighted by molar-refractivity contribution is 9.11. The molecule has 0 saturated heterocycles. The molecule has 0 aromatic carbocycles. The molecule has 3 aliphatic rings. The van der Waals surface area contributed by atoms with Crippen LogP contribution in [0.1, 0.15) is 66.7 Å². The van der Waals surface area contributed by atoms with Gasteiger partial charge in [-0.2, -0.15) is 4.40 Å². The quantitative estimate of drug-likeness (QED) is 0.593. The SMILES string of the molecule is O=C(O)NC1CCC(c2ncc(C3C=CC(Br)=CC3=NS(=O)(=O)C3CCC3)s2)CC1. The zero-order chi connectivity index (χ0) is 21.3. The second-order valence-corrected chi connectivity index (χ2v) is 11.9. The molecule has 0 spiro atoms. The lowest BCUT2D eigenvalue weighted by atomic mass is 9.86. The van der Waals surface area contributed by atoms with Gasteiger partial charge in [0.15, 0.2) is 0 Å². The second kappa shape index (κ2) is 8.92. The first-order valence-corrected chi connectivity index (χ1v) is 13.3. The minimum atomic E-state index is -3.50. The Bertz CT molecular complexity index is 1000. The van der Waals surface area contributed by atoms with Gasteiger partial charge in [0.1, 0.15) is 0 Å². The van der Waals surface area contributed by atoms with E-state index in [1.54, 1.807) is 17.4 Å². The van der Waals surface area contributed by atoms with Crippen LogP contribution in [0.5, 0.6) is 0 Å². The summed E-state index contributed by atoms with van der Waals surface area (Å²) in [4.78, 5) is 16.4. The molecule has 1 amide bonds. The van der Waals surface area contributed by atoms with Crippen LogP contribution in [0.3, 0.4) is 0 Å². The maximum atomic E-state index is 12.6. The van der Waals surface area contributed by atoms with Crippen molar-refractivity contribution in [3.8, 4) is 0 Å². The summed E-state index contributed by atoms with van der Waals surface area (Å²) in [6.07, 6.45) is 12.2. The molecule has 7 nitrogen and oxygen atoms in total. The fourth-order valence-corrected chi connectivity index (χ4v) is 7.18. The highest BCUT2D eigenvalue weighted by Crippen LogP contribution is 2.39. The van der Waals surface area contributed by atoms with Crippen molar-refractivity contribution in [3.05, 3.63) is 38.8 Å². The van der Waals surface area contributed by atoms with Gasteiger partial charge in [-0.1, -0.05) is 34.5 Å². The van der Waals surface area contributed by atoms with Crippen LogP contribution >= 0.6 is 27.3 Å². The largest absolute Gasteiger partial charge is 0.465 e. The van der Waals surface area contributed by atoms with E-state index in [1.165, 1.54) is 0 Å². The van der Waals surface area contributed by atoms with Gasteiger partial charge in [-0.25, -0.2) is 18.2 Å². The number of hydrogen-bond acceptors (Lipinski definition) is 5. The predicted octanol–water partition coefficient (Wildman–Crippen LogP) is 4.69. The smallest absolute Gasteiger partial charge is 0.404 e. The van der Waals surface area contributed by atoms with Crippen LogP contribution in [0.2, 0.25) is 0 Å². The molecule has 1 aromatic rings. The van der Waals surface area contributed by atoms with Crippen molar-refractivity contribution in [2.24, 2.45) is 4.40 Å². The van der Waals surface area contributed by atoms with E-state index in [2.05, 4.69) is 30.6 Å². The minimum Gasteiger partial charge on any atom is -0.465 e. The number of nitrogens with zero attached hydrogens (tertiary/aromatic N) is 2. The van der Waals surface area contributed by atoms with Crippen LogP contribution in [0.4, 0.5) is 4.79 Å². The van der Waals surface area contributed by atoms with Crippen molar-refractivity contribution in [2.45, 2.75) is 68.1 Å². The van der Waals surface area contributed by atoms with Crippen molar-refractivity contribution >= 4 is 49.1 Å². The summed E-state index contributed by atoms with van der Waals surface area (Å²) in [5, 5.41) is 12.1. The van der Waals surface area contributed by atoms with Gasteiger partial charge in [-0.05, 0) is 44.6 Å². The Morgan fingerprint density at radius 1 is 1.23 bits per heavy atom. The summed E-state index contributed by atoms with van der Waals surface area (Å²) in [5.41, 5.74) is 0.529. The number of nitrogens with one attached hydrogen (secondary N) is 1. The van der Waals surface area contributed by atoms with Gasteiger partial charge in [0.05, 0.1) is 21.9 Å². The van der Waals surface area contributed by atoms with Crippen LogP contribution in [0.25, 0.3) is 0 Å². The Kier molecular flexibility index (Phi) is 6.45. The molecule has 1 atom stereocenters. The van der Waals surface area contributed by atoms with Crippen LogP contribution in [0.15, 0.2) is 33.3 Å². The number of sulfonamides is 1. The molecule has 1 aromatic heterocycles. The number of halogens is 1. The lowest BCUT2D eigenvalue weighted by Crippen LogP contribution is -2.36. The van der Waals surface area contributed by atoms with Gasteiger partial charge < -0.3 is 10.4 Å². The number of carboxylic acid groups (broad SMARTS) is 1. The van der Waals surface area contributed by atoms with Gasteiger partial charge in [-0.15, -0.1) is 11.3 Å². The van der Waals surface area contributed by atoms with E-state index in [0.717, 1.165) is 46.5 Å². The van der Waals surface area contributed by atoms with Crippen molar-refractivity contribution in [1.82, 2.24) is 10.3 Å². The molecule has 2 N–H and O–H groups in total. The molecule has 2 fully saturated rings. The van der Waals surface area contributed by atoms with E-state index in [4.69, 9.17) is 5.11 Å². The molecule has 0 aliphatic heterocycles. The minimum absolute atomic E-state index is 0.0115. The topological polar surface area (TPSA) is 109 Å². The number of carbonyl (C=O) groups is 1. The van der Waals surface area contributed by atoms with Crippen LogP contribution < -0.4 is 5.32 Å². The Labute approximate surface area is 188 Å². The van der Waals surface area contributed by atoms with E-state index in [-0.39, 0.29) is 17.2 Å². The third-order valence-corrected chi connectivity index (χ3v) is 9.53. The van der Waals surface area contributed by atoms with Gasteiger partial charge >= 0.3 is 6.09 Å². The van der Waals surface area contributed by atoms with E-state index in [9.17, 15) is 13.2 Å². The standard InChI is InChI=1S/C20H24BrN3O4S2/c21-13-6-9-16(17(10-13)24-30(27,28)15-2-1-3-15)18-11-22-19(29-18)12-4-7-14(8-5-12)23-20(25)26/h6,9-12,14-16,23H,1-5,7-8H2,(H,25,26). The molecule has 2 saturated carbocycles. The van der Waals surface area contributed by atoms with Crippen molar-refractivity contribution in [1.29, 1.82) is 0 Å². The normalized spacial score (nSPS) is 28.8. The summed E-state index contributed by atoms with van der Waals surface area (Å²) in [5.74, 6) is 0.0851. The third kappa shape index (κ3) is 4.86. The van der Waals surface area contributed by atoms with Crippen LogP contribution in [-0.2, 0) is 10.0 Å². The van der Waals surface area contributed by atoms with Gasteiger partial charge in [0.2, 0.25) is 0 Å². The van der Waals surface area contributed by atoms with Crippen molar-refractivity contribution in [3.63, 3.8) is 0 Å². The Morgan fingerprint density at radius 3 is 2.60 bits per heavy atom. The molecule has 1 heterocycles. The van der Waals surface area contributed by atoms with Gasteiger partial charge in [0, 0.05) is 27.5 Å². The summed E-state index contributed by atoms with van der Waals surface area (Å²) in [6, 6.07) is 0.0115. The first-order valence-electron chi connectivity index (χ1n) is 10.2. The molecule has 3 aliphatic carbocycles. The number of aromatic nitrogens is 1. The molecule has 30 heavy (non-hydrogen) atoms. The Hall–Kier alpha value is -1.52. The molecular formula is C20H24BrN3O4S2. The number of thiazole rings is 1. The van der Waals surface area contributed by atoms with E-state index in [1.807, 2.05) is 18.3 Å². The van der Waals surface area contributed by atoms with Crippen molar-refractivity contribution in [2.75, 3.05) is 0 Å². The van der Waals surface area contributed by atoms with E-state index >= 15 is 0 Å². The molecule has 4 rings (SSSR count). The second-order valence-electron chi connectivity index (χ2n) is 8.05. The zero-order valence-electron chi connectivity index (χ0n) is 16.3. The lowest BCUT2D eigenvalue weighted by molar-refractivity contribution is 0.185. The molecular weight excluding hydrogens is 490 g/mol. The maximum Gasteiger partial charge on any atom is 0.404 e. The third-order valence-electron chi connectivity index (χ3n) is 6.01. The van der Waals surface area contributed by atoms with Gasteiger partial charge in [-0.3, -0.25) is 0 Å². The fourth-order valence-electron chi connectivity index (χ4n) is 4.07. The van der Waals surface area contributed by atoms with Crippen LogP contribution in [-0.4, -0.2) is 41.6 Å². The first kappa shape index (κ1) is 21.7. The van der Waals surface area contributed by atoms with Crippen molar-refractivity contribution < 1.29 is 18.3 Å². The Balaban J connectivity index is 1.50. The predicted molar refractivity (Wildman–Crippen MR) is 121 cm³/mol. The lowest BCUT2D eigenvalue weighted by Gasteiger charge is -2.27. The average molecular weight is 514 g/mol. The van der Waals surface area contributed by atoms with Gasteiger partial charge in [0.25, 0.3) is 10.0 Å². The summed E-state index contributed by atoms with van der Waals surface area (Å²) in [6.45, 7) is 0. The number of allylic oxidation sites excluding steroid dienone is 4. The maximum absolute atomic E-state index is 12.6. The average Bonchev–Trinajstić information content (AvgIpc) is 3.09.